The summed E-state index contributed by atoms with van der Waals surface area (Å²) in [5, 5.41) is 15.9. The van der Waals surface area contributed by atoms with Gasteiger partial charge in [-0.05, 0) is 103 Å². The number of carbonyl (C=O) groups excluding carboxylic acids is 2. The van der Waals surface area contributed by atoms with Gasteiger partial charge in [0.25, 0.3) is 11.8 Å². The second-order valence-corrected chi connectivity index (χ2v) is 10.1. The lowest BCUT2D eigenvalue weighted by atomic mass is 10.1. The summed E-state index contributed by atoms with van der Waals surface area (Å²) in [5.41, 5.74) is 3.58. The van der Waals surface area contributed by atoms with Gasteiger partial charge in [-0.15, -0.1) is 0 Å². The molecular weight excluding hydrogens is 640 g/mol. The summed E-state index contributed by atoms with van der Waals surface area (Å²) >= 11 is 14.0. The van der Waals surface area contributed by atoms with Crippen molar-refractivity contribution in [3.05, 3.63) is 84.4 Å². The molecule has 0 bridgehead atoms. The van der Waals surface area contributed by atoms with Crippen molar-refractivity contribution in [1.82, 2.24) is 0 Å². The molecule has 3 rings (SSSR count). The van der Waals surface area contributed by atoms with Gasteiger partial charge in [0, 0.05) is 11.4 Å². The van der Waals surface area contributed by atoms with E-state index < -0.39 is 11.8 Å². The number of hydrogen-bond acceptors (Lipinski definition) is 5. The van der Waals surface area contributed by atoms with Crippen molar-refractivity contribution in [2.45, 2.75) is 20.8 Å². The number of halogens is 3. The number of aryl methyl sites for hydroxylation is 1. The maximum absolute atomic E-state index is 12.8. The highest BCUT2D eigenvalue weighted by molar-refractivity contribution is 14.1. The van der Waals surface area contributed by atoms with Crippen molar-refractivity contribution in [3.8, 4) is 17.6 Å². The largest absolute Gasteiger partial charge is 0.490 e. The Morgan fingerprint density at radius 2 is 1.82 bits per heavy atom. The third-order valence-corrected chi connectivity index (χ3v) is 6.95. The fourth-order valence-corrected chi connectivity index (χ4v) is 4.45. The lowest BCUT2D eigenvalue weighted by Crippen LogP contribution is -2.20. The Hall–Kier alpha value is -3.26. The molecule has 0 aliphatic rings. The highest BCUT2D eigenvalue weighted by Gasteiger charge is 2.16. The summed E-state index contributed by atoms with van der Waals surface area (Å²) < 4.78 is 12.1. The number of amides is 2. The fraction of sp³-hybridized carbons (Fsp3) is 0.179. The average molecular weight is 664 g/mol. The van der Waals surface area contributed by atoms with E-state index in [0.29, 0.717) is 48.7 Å². The molecule has 0 fully saturated rings. The third-order valence-electron chi connectivity index (χ3n) is 5.41. The zero-order valence-electron chi connectivity index (χ0n) is 20.8. The first-order valence-electron chi connectivity index (χ1n) is 11.5. The second-order valence-electron chi connectivity index (χ2n) is 8.10. The van der Waals surface area contributed by atoms with Crippen LogP contribution in [0, 0.1) is 28.7 Å². The molecular formula is C28H24Cl2IN3O4. The monoisotopic (exact) mass is 663 g/mol. The minimum atomic E-state index is -0.520. The molecule has 0 saturated heterocycles. The first-order chi connectivity index (χ1) is 18.1. The highest BCUT2D eigenvalue weighted by atomic mass is 127. The zero-order chi connectivity index (χ0) is 27.8. The van der Waals surface area contributed by atoms with E-state index in [1.54, 1.807) is 36.4 Å². The van der Waals surface area contributed by atoms with Crippen molar-refractivity contribution < 1.29 is 19.1 Å². The molecule has 2 N–H and O–H groups in total. The summed E-state index contributed by atoms with van der Waals surface area (Å²) in [7, 11) is 0. The van der Waals surface area contributed by atoms with Crippen molar-refractivity contribution in [3.63, 3.8) is 0 Å². The average Bonchev–Trinajstić information content (AvgIpc) is 2.87. The minimum Gasteiger partial charge on any atom is -0.490 e. The minimum absolute atomic E-state index is 0.0705. The molecule has 0 atom stereocenters. The summed E-state index contributed by atoms with van der Waals surface area (Å²) in [6, 6.07) is 15.7. The van der Waals surface area contributed by atoms with Crippen LogP contribution >= 0.6 is 45.8 Å². The Morgan fingerprint density at radius 1 is 1.05 bits per heavy atom. The number of hydrogen-bond donors (Lipinski definition) is 2. The first-order valence-corrected chi connectivity index (χ1v) is 13.3. The van der Waals surface area contributed by atoms with E-state index in [4.69, 9.17) is 32.7 Å². The summed E-state index contributed by atoms with van der Waals surface area (Å²) in [6.45, 7) is 5.72. The maximum Gasteiger partial charge on any atom is 0.266 e. The quantitative estimate of drug-likeness (QED) is 0.144. The Balaban J connectivity index is 1.78. The molecule has 0 aromatic heterocycles. The van der Waals surface area contributed by atoms with Gasteiger partial charge < -0.3 is 20.1 Å². The molecule has 0 aliphatic heterocycles. The summed E-state index contributed by atoms with van der Waals surface area (Å²) in [6.07, 6.45) is 1.48. The van der Waals surface area contributed by atoms with Crippen LogP contribution in [0.5, 0.6) is 11.5 Å². The maximum atomic E-state index is 12.8. The predicted octanol–water partition coefficient (Wildman–Crippen LogP) is 7.18. The molecule has 38 heavy (non-hydrogen) atoms. The van der Waals surface area contributed by atoms with Gasteiger partial charge in [0.05, 0.1) is 20.2 Å². The van der Waals surface area contributed by atoms with E-state index in [2.05, 4.69) is 33.2 Å². The van der Waals surface area contributed by atoms with Gasteiger partial charge in [-0.25, -0.2) is 0 Å². The molecule has 0 saturated carbocycles. The van der Waals surface area contributed by atoms with Crippen molar-refractivity contribution in [2.75, 3.05) is 23.8 Å². The van der Waals surface area contributed by atoms with Crippen molar-refractivity contribution >= 4 is 75.1 Å². The van der Waals surface area contributed by atoms with Crippen LogP contribution in [0.1, 0.15) is 23.6 Å². The van der Waals surface area contributed by atoms with E-state index in [1.807, 2.05) is 39.0 Å². The Labute approximate surface area is 244 Å². The van der Waals surface area contributed by atoms with E-state index in [1.165, 1.54) is 6.08 Å². The molecule has 0 radical (unpaired) electrons. The topological polar surface area (TPSA) is 100 Å². The Morgan fingerprint density at radius 3 is 2.50 bits per heavy atom. The normalized spacial score (nSPS) is 10.9. The van der Waals surface area contributed by atoms with E-state index in [9.17, 15) is 14.9 Å². The molecule has 10 heteroatoms. The number of ether oxygens (including phenoxy) is 2. The van der Waals surface area contributed by atoms with Gasteiger partial charge >= 0.3 is 0 Å². The molecule has 0 heterocycles. The fourth-order valence-electron chi connectivity index (χ4n) is 3.37. The lowest BCUT2D eigenvalue weighted by Gasteiger charge is -2.15. The van der Waals surface area contributed by atoms with Crippen molar-refractivity contribution in [1.29, 1.82) is 5.26 Å². The van der Waals surface area contributed by atoms with Gasteiger partial charge in [-0.1, -0.05) is 35.3 Å². The van der Waals surface area contributed by atoms with Crippen molar-refractivity contribution in [2.24, 2.45) is 0 Å². The van der Waals surface area contributed by atoms with Gasteiger partial charge in [0.2, 0.25) is 0 Å². The van der Waals surface area contributed by atoms with E-state index >= 15 is 0 Å². The number of anilines is 2. The smallest absolute Gasteiger partial charge is 0.266 e. The number of nitriles is 1. The number of rotatable bonds is 9. The molecule has 3 aromatic carbocycles. The van der Waals surface area contributed by atoms with Crippen LogP contribution in [0.25, 0.3) is 6.08 Å². The van der Waals surface area contributed by atoms with Gasteiger partial charge in [-0.3, -0.25) is 9.59 Å². The highest BCUT2D eigenvalue weighted by Crippen LogP contribution is 2.35. The number of carbonyl (C=O) groups is 2. The molecule has 196 valence electrons. The van der Waals surface area contributed by atoms with Crippen LogP contribution in [0.15, 0.2) is 54.1 Å². The van der Waals surface area contributed by atoms with Gasteiger partial charge in [0.1, 0.15) is 11.6 Å². The summed E-state index contributed by atoms with van der Waals surface area (Å²) in [5.74, 6) is -0.179. The number of nitrogens with one attached hydrogen (secondary N) is 2. The number of nitrogens with zero attached hydrogens (tertiary/aromatic N) is 1. The molecule has 3 aromatic rings. The molecule has 0 spiro atoms. The molecule has 2 amide bonds. The van der Waals surface area contributed by atoms with E-state index in [0.717, 1.165) is 11.1 Å². The second kappa shape index (κ2) is 13.5. The summed E-state index contributed by atoms with van der Waals surface area (Å²) in [4.78, 5) is 25.3. The van der Waals surface area contributed by atoms with Crippen LogP contribution in [0.2, 0.25) is 10.0 Å². The Bertz CT molecular complexity index is 1450. The van der Waals surface area contributed by atoms with Crippen LogP contribution in [-0.2, 0) is 9.59 Å². The Kier molecular flexibility index (Phi) is 10.4. The van der Waals surface area contributed by atoms with Crippen LogP contribution in [0.3, 0.4) is 0 Å². The van der Waals surface area contributed by atoms with Gasteiger partial charge in [0.15, 0.2) is 18.1 Å². The zero-order valence-corrected chi connectivity index (χ0v) is 24.5. The van der Waals surface area contributed by atoms with Crippen LogP contribution in [0.4, 0.5) is 11.4 Å². The molecule has 0 aliphatic carbocycles. The predicted molar refractivity (Wildman–Crippen MR) is 159 cm³/mol. The van der Waals surface area contributed by atoms with E-state index in [-0.39, 0.29) is 12.2 Å². The number of benzene rings is 3. The molecule has 7 nitrogen and oxygen atoms in total. The van der Waals surface area contributed by atoms with Crippen LogP contribution in [-0.4, -0.2) is 25.0 Å². The lowest BCUT2D eigenvalue weighted by molar-refractivity contribution is -0.118. The first kappa shape index (κ1) is 29.3. The van der Waals surface area contributed by atoms with Crippen LogP contribution < -0.4 is 20.1 Å². The standard InChI is InChI=1S/C28H24Cl2IN3O4/c1-4-37-25-12-18(10-19(14-32)28(36)34-24-7-5-6-16(2)17(24)3)11-23(31)27(25)38-15-26(35)33-20-8-9-21(29)22(30)13-20/h5-13H,4,15H2,1-3H3,(H,33,35)(H,34,36)/b19-10-. The molecule has 0 unspecified atom stereocenters. The third kappa shape index (κ3) is 7.63. The van der Waals surface area contributed by atoms with Gasteiger partial charge in [-0.2, -0.15) is 5.26 Å². The SMILES string of the molecule is CCOc1cc(/C=C(/C#N)C(=O)Nc2cccc(C)c2C)cc(I)c1OCC(=O)Nc1ccc(Cl)c(Cl)c1.